The Morgan fingerprint density at radius 3 is 2.57 bits per heavy atom. The summed E-state index contributed by atoms with van der Waals surface area (Å²) < 4.78 is 0. The van der Waals surface area contributed by atoms with Gasteiger partial charge in [-0.1, -0.05) is 12.1 Å². The van der Waals surface area contributed by atoms with Crippen molar-refractivity contribution in [2.75, 3.05) is 43.1 Å². The molecule has 0 aliphatic carbocycles. The van der Waals surface area contributed by atoms with Gasteiger partial charge in [0.25, 0.3) is 0 Å². The van der Waals surface area contributed by atoms with Crippen molar-refractivity contribution in [3.05, 3.63) is 30.1 Å². The molecule has 28 heavy (non-hydrogen) atoms. The maximum Gasteiger partial charge on any atom is 0.229 e. The first kappa shape index (κ1) is 19.8. The number of aromatic hydroxyl groups is 1. The minimum absolute atomic E-state index is 0.0221. The highest BCUT2D eigenvalue weighted by atomic mass is 16.3. The van der Waals surface area contributed by atoms with Gasteiger partial charge in [-0.25, -0.2) is 0 Å². The average Bonchev–Trinajstić information content (AvgIpc) is 2.68. The molecule has 0 radical (unpaired) electrons. The van der Waals surface area contributed by atoms with E-state index in [9.17, 15) is 9.90 Å². The quantitative estimate of drug-likeness (QED) is 0.664. The Kier molecular flexibility index (Phi) is 5.93. The molecule has 2 aromatic rings. The van der Waals surface area contributed by atoms with E-state index >= 15 is 0 Å². The Hall–Kier alpha value is -2.94. The molecule has 4 N–H and O–H groups in total. The van der Waals surface area contributed by atoms with Crippen LogP contribution in [0.2, 0.25) is 0 Å². The summed E-state index contributed by atoms with van der Waals surface area (Å²) in [6.07, 6.45) is 1.45. The number of likely N-dealkylation sites (tertiary alicyclic amines) is 1. The lowest BCUT2D eigenvalue weighted by molar-refractivity contribution is -0.121. The third-order valence-electron chi connectivity index (χ3n) is 5.04. The summed E-state index contributed by atoms with van der Waals surface area (Å²) in [5, 5.41) is 12.6. The van der Waals surface area contributed by atoms with Crippen molar-refractivity contribution in [2.45, 2.75) is 25.8 Å². The van der Waals surface area contributed by atoms with E-state index in [1.807, 2.05) is 21.0 Å². The molecule has 1 aromatic heterocycles. The SMILES string of the molecule is C[C@H](c1nc(N)nc(N(C)C)n1)N1CCC(C(=O)Nc2ccccc2O)CC1. The van der Waals surface area contributed by atoms with Gasteiger partial charge in [0.05, 0.1) is 11.7 Å². The van der Waals surface area contributed by atoms with Crippen molar-refractivity contribution < 1.29 is 9.90 Å². The van der Waals surface area contributed by atoms with Gasteiger partial charge in [0.2, 0.25) is 17.8 Å². The highest BCUT2D eigenvalue weighted by Gasteiger charge is 2.29. The monoisotopic (exact) mass is 385 g/mol. The van der Waals surface area contributed by atoms with Crippen LogP contribution in [-0.4, -0.2) is 58.1 Å². The number of hydrogen-bond donors (Lipinski definition) is 3. The van der Waals surface area contributed by atoms with Gasteiger partial charge >= 0.3 is 0 Å². The summed E-state index contributed by atoms with van der Waals surface area (Å²) in [4.78, 5) is 29.5. The Balaban J connectivity index is 1.60. The second-order valence-corrected chi connectivity index (χ2v) is 7.24. The van der Waals surface area contributed by atoms with Gasteiger partial charge in [0.15, 0.2) is 5.82 Å². The van der Waals surface area contributed by atoms with E-state index in [1.54, 1.807) is 29.2 Å². The van der Waals surface area contributed by atoms with Crippen LogP contribution < -0.4 is 16.0 Å². The normalized spacial score (nSPS) is 16.5. The van der Waals surface area contributed by atoms with E-state index in [-0.39, 0.29) is 29.6 Å². The number of para-hydroxylation sites is 2. The Morgan fingerprint density at radius 1 is 1.25 bits per heavy atom. The van der Waals surface area contributed by atoms with Gasteiger partial charge in [-0.2, -0.15) is 15.0 Å². The molecule has 1 atom stereocenters. The number of phenols is 1. The Bertz CT molecular complexity index is 835. The molecule has 9 heteroatoms. The lowest BCUT2D eigenvalue weighted by atomic mass is 9.94. The molecule has 1 saturated heterocycles. The number of carbonyl (C=O) groups excluding carboxylic acids is 1. The molecule has 1 fully saturated rings. The fourth-order valence-corrected chi connectivity index (χ4v) is 3.31. The average molecular weight is 385 g/mol. The first-order chi connectivity index (χ1) is 13.3. The molecule has 9 nitrogen and oxygen atoms in total. The third kappa shape index (κ3) is 4.48. The molecule has 0 unspecified atom stereocenters. The van der Waals surface area contributed by atoms with Gasteiger partial charge in [0, 0.05) is 20.0 Å². The number of hydrogen-bond acceptors (Lipinski definition) is 8. The van der Waals surface area contributed by atoms with E-state index in [1.165, 1.54) is 0 Å². The van der Waals surface area contributed by atoms with Crippen LogP contribution in [0.15, 0.2) is 24.3 Å². The number of aromatic nitrogens is 3. The number of amides is 1. The minimum Gasteiger partial charge on any atom is -0.506 e. The summed E-state index contributed by atoms with van der Waals surface area (Å²) in [5.74, 6) is 1.29. The third-order valence-corrected chi connectivity index (χ3v) is 5.04. The van der Waals surface area contributed by atoms with Gasteiger partial charge in [-0.3, -0.25) is 9.69 Å². The number of nitrogen functional groups attached to an aromatic ring is 1. The van der Waals surface area contributed by atoms with Gasteiger partial charge < -0.3 is 21.1 Å². The zero-order valence-electron chi connectivity index (χ0n) is 16.5. The van der Waals surface area contributed by atoms with E-state index < -0.39 is 0 Å². The number of nitrogens with two attached hydrogens (primary N) is 1. The summed E-state index contributed by atoms with van der Waals surface area (Å²) >= 11 is 0. The van der Waals surface area contributed by atoms with Crippen LogP contribution in [0.3, 0.4) is 0 Å². The van der Waals surface area contributed by atoms with E-state index in [0.717, 1.165) is 25.9 Å². The van der Waals surface area contributed by atoms with Crippen LogP contribution in [-0.2, 0) is 4.79 Å². The Labute approximate surface area is 164 Å². The first-order valence-corrected chi connectivity index (χ1v) is 9.37. The van der Waals surface area contributed by atoms with E-state index in [4.69, 9.17) is 5.73 Å². The number of benzene rings is 1. The van der Waals surface area contributed by atoms with Crippen LogP contribution in [0.4, 0.5) is 17.6 Å². The summed E-state index contributed by atoms with van der Waals surface area (Å²) in [5.41, 5.74) is 6.28. The summed E-state index contributed by atoms with van der Waals surface area (Å²) in [6.45, 7) is 3.54. The maximum atomic E-state index is 12.5. The molecule has 1 aromatic carbocycles. The fourth-order valence-electron chi connectivity index (χ4n) is 3.31. The first-order valence-electron chi connectivity index (χ1n) is 9.37. The molecule has 0 saturated carbocycles. The van der Waals surface area contributed by atoms with Crippen LogP contribution >= 0.6 is 0 Å². The standard InChI is InChI=1S/C19H27N7O2/c1-12(16-22-18(20)24-19(23-16)25(2)3)26-10-8-13(9-11-26)17(28)21-14-6-4-5-7-15(14)27/h4-7,12-13,27H,8-11H2,1-3H3,(H,21,28)(H2,20,22,23,24)/t12-/m1/s1. The van der Waals surface area contributed by atoms with Crippen LogP contribution in [0, 0.1) is 5.92 Å². The van der Waals surface area contributed by atoms with Crippen molar-refractivity contribution in [2.24, 2.45) is 5.92 Å². The van der Waals surface area contributed by atoms with Crippen molar-refractivity contribution in [3.63, 3.8) is 0 Å². The van der Waals surface area contributed by atoms with Crippen molar-refractivity contribution in [1.82, 2.24) is 19.9 Å². The number of carbonyl (C=O) groups is 1. The molecule has 1 aliphatic heterocycles. The number of piperidine rings is 1. The van der Waals surface area contributed by atoms with Crippen LogP contribution in [0.25, 0.3) is 0 Å². The maximum absolute atomic E-state index is 12.5. The topological polar surface area (TPSA) is 121 Å². The number of nitrogens with zero attached hydrogens (tertiary/aromatic N) is 5. The smallest absolute Gasteiger partial charge is 0.229 e. The van der Waals surface area contributed by atoms with Gasteiger partial charge in [-0.05, 0) is 45.0 Å². The van der Waals surface area contributed by atoms with Crippen LogP contribution in [0.5, 0.6) is 5.75 Å². The van der Waals surface area contributed by atoms with E-state index in [0.29, 0.717) is 17.5 Å². The molecule has 3 rings (SSSR count). The number of phenolic OH excluding ortho intramolecular Hbond substituents is 1. The van der Waals surface area contributed by atoms with Crippen molar-refractivity contribution in [3.8, 4) is 5.75 Å². The lowest BCUT2D eigenvalue weighted by Crippen LogP contribution is -2.40. The van der Waals surface area contributed by atoms with Crippen LogP contribution in [0.1, 0.15) is 31.6 Å². The predicted octanol–water partition coefficient (Wildman–Crippen LogP) is 1.64. The molecule has 1 aliphatic rings. The summed E-state index contributed by atoms with van der Waals surface area (Å²) in [7, 11) is 3.72. The highest BCUT2D eigenvalue weighted by molar-refractivity contribution is 5.93. The molecule has 0 bridgehead atoms. The molecular formula is C19H27N7O2. The second kappa shape index (κ2) is 8.39. The summed E-state index contributed by atoms with van der Waals surface area (Å²) in [6, 6.07) is 6.73. The number of nitrogens with one attached hydrogen (secondary N) is 1. The molecule has 1 amide bonds. The van der Waals surface area contributed by atoms with E-state index in [2.05, 4.69) is 25.2 Å². The Morgan fingerprint density at radius 2 is 1.93 bits per heavy atom. The van der Waals surface area contributed by atoms with Crippen molar-refractivity contribution in [1.29, 1.82) is 0 Å². The zero-order chi connectivity index (χ0) is 20.3. The lowest BCUT2D eigenvalue weighted by Gasteiger charge is -2.34. The number of anilines is 3. The van der Waals surface area contributed by atoms with Gasteiger partial charge in [-0.15, -0.1) is 0 Å². The second-order valence-electron chi connectivity index (χ2n) is 7.24. The molecule has 0 spiro atoms. The fraction of sp³-hybridized carbons (Fsp3) is 0.474. The van der Waals surface area contributed by atoms with Crippen molar-refractivity contribution >= 4 is 23.5 Å². The molecule has 2 heterocycles. The predicted molar refractivity (Wildman–Crippen MR) is 108 cm³/mol. The highest BCUT2D eigenvalue weighted by Crippen LogP contribution is 2.28. The zero-order valence-corrected chi connectivity index (χ0v) is 16.5. The van der Waals surface area contributed by atoms with Gasteiger partial charge in [0.1, 0.15) is 5.75 Å². The number of rotatable bonds is 5. The largest absolute Gasteiger partial charge is 0.506 e. The minimum atomic E-state index is -0.0937. The molecule has 150 valence electrons. The molecular weight excluding hydrogens is 358 g/mol.